The molecule has 26 heavy (non-hydrogen) atoms. The van der Waals surface area contributed by atoms with E-state index in [4.69, 9.17) is 4.42 Å². The molecule has 2 aliphatic rings. The van der Waals surface area contributed by atoms with Crippen molar-refractivity contribution in [3.05, 3.63) is 47.9 Å². The first-order chi connectivity index (χ1) is 12.5. The summed E-state index contributed by atoms with van der Waals surface area (Å²) in [6, 6.07) is 11.6. The van der Waals surface area contributed by atoms with Gasteiger partial charge in [-0.25, -0.2) is 0 Å². The lowest BCUT2D eigenvalue weighted by molar-refractivity contribution is -0.132. The minimum atomic E-state index is -0.403. The van der Waals surface area contributed by atoms with Crippen LogP contribution in [0.2, 0.25) is 0 Å². The van der Waals surface area contributed by atoms with Gasteiger partial charge < -0.3 is 14.6 Å². The van der Waals surface area contributed by atoms with E-state index in [1.54, 1.807) is 11.9 Å². The number of para-hydroxylation sites is 1. The molecule has 0 spiro atoms. The molecule has 5 nitrogen and oxygen atoms in total. The Balaban J connectivity index is 1.35. The fourth-order valence-corrected chi connectivity index (χ4v) is 4.36. The first kappa shape index (κ1) is 17.2. The largest absolute Gasteiger partial charge is 0.464 e. The van der Waals surface area contributed by atoms with E-state index >= 15 is 0 Å². The second-order valence-electron chi connectivity index (χ2n) is 7.17. The molecule has 0 unspecified atom stereocenters. The second kappa shape index (κ2) is 6.83. The third kappa shape index (κ3) is 3.51. The van der Waals surface area contributed by atoms with Crippen LogP contribution in [0.3, 0.4) is 0 Å². The van der Waals surface area contributed by atoms with E-state index < -0.39 is 5.25 Å². The average Bonchev–Trinajstić information content (AvgIpc) is 3.17. The summed E-state index contributed by atoms with van der Waals surface area (Å²) in [5.41, 5.74) is 0.817. The lowest BCUT2D eigenvalue weighted by Gasteiger charge is -2.25. The van der Waals surface area contributed by atoms with Crippen molar-refractivity contribution in [2.24, 2.45) is 5.92 Å². The van der Waals surface area contributed by atoms with Crippen molar-refractivity contribution < 1.29 is 14.0 Å². The molecule has 136 valence electrons. The maximum absolute atomic E-state index is 12.6. The van der Waals surface area contributed by atoms with Crippen molar-refractivity contribution in [2.75, 3.05) is 12.4 Å². The molecule has 1 fully saturated rings. The Bertz CT molecular complexity index is 847. The highest BCUT2D eigenvalue weighted by Gasteiger charge is 2.36. The summed E-state index contributed by atoms with van der Waals surface area (Å²) in [4.78, 5) is 27.5. The van der Waals surface area contributed by atoms with Gasteiger partial charge in [0.15, 0.2) is 0 Å². The SMILES string of the molecule is C[C@H]1C[C@@H]1c1ccc(CN(C)C(=O)C[C@H]2Sc3ccccc3NC2=O)o1. The van der Waals surface area contributed by atoms with E-state index in [1.807, 2.05) is 36.4 Å². The Morgan fingerprint density at radius 3 is 2.85 bits per heavy atom. The van der Waals surface area contributed by atoms with Crippen molar-refractivity contribution in [2.45, 2.75) is 42.4 Å². The molecule has 2 amide bonds. The van der Waals surface area contributed by atoms with Gasteiger partial charge in [0.25, 0.3) is 0 Å². The summed E-state index contributed by atoms with van der Waals surface area (Å²) in [7, 11) is 1.75. The molecular formula is C20H22N2O3S. The molecule has 1 aromatic carbocycles. The van der Waals surface area contributed by atoms with Crippen LogP contribution in [0.15, 0.2) is 45.7 Å². The molecule has 2 aromatic rings. The number of hydrogen-bond donors (Lipinski definition) is 1. The molecule has 0 radical (unpaired) electrons. The lowest BCUT2D eigenvalue weighted by atomic mass is 10.2. The number of furan rings is 1. The van der Waals surface area contributed by atoms with Gasteiger partial charge in [0.2, 0.25) is 11.8 Å². The van der Waals surface area contributed by atoms with Gasteiger partial charge in [-0.1, -0.05) is 19.1 Å². The van der Waals surface area contributed by atoms with Crippen molar-refractivity contribution in [3.63, 3.8) is 0 Å². The van der Waals surface area contributed by atoms with Crippen LogP contribution in [0, 0.1) is 5.92 Å². The van der Waals surface area contributed by atoms with E-state index in [9.17, 15) is 9.59 Å². The van der Waals surface area contributed by atoms with Crippen LogP contribution in [0.25, 0.3) is 0 Å². The Kier molecular flexibility index (Phi) is 4.53. The van der Waals surface area contributed by atoms with E-state index in [-0.39, 0.29) is 18.2 Å². The molecule has 1 aliphatic heterocycles. The number of anilines is 1. The Morgan fingerprint density at radius 2 is 2.08 bits per heavy atom. The van der Waals surface area contributed by atoms with Crippen LogP contribution in [0.4, 0.5) is 5.69 Å². The number of fused-ring (bicyclic) bond motifs is 1. The molecule has 0 bridgehead atoms. The third-order valence-electron chi connectivity index (χ3n) is 5.04. The zero-order valence-electron chi connectivity index (χ0n) is 14.9. The van der Waals surface area contributed by atoms with Crippen LogP contribution in [0.5, 0.6) is 0 Å². The van der Waals surface area contributed by atoms with Gasteiger partial charge in [0.05, 0.1) is 17.5 Å². The molecule has 6 heteroatoms. The standard InChI is InChI=1S/C20H22N2O3S/c1-12-9-14(12)16-8-7-13(25-16)11-22(2)19(23)10-18-20(24)21-15-5-3-4-6-17(15)26-18/h3-8,12,14,18H,9-11H2,1-2H3,(H,21,24)/t12-,14-,18+/m0/s1. The molecule has 1 saturated carbocycles. The topological polar surface area (TPSA) is 62.6 Å². The number of nitrogens with zero attached hydrogens (tertiary/aromatic N) is 1. The second-order valence-corrected chi connectivity index (χ2v) is 8.41. The highest BCUT2D eigenvalue weighted by Crippen LogP contribution is 2.47. The molecule has 3 atom stereocenters. The molecule has 1 aromatic heterocycles. The van der Waals surface area contributed by atoms with E-state index in [0.717, 1.165) is 22.1 Å². The Morgan fingerprint density at radius 1 is 1.31 bits per heavy atom. The molecule has 0 saturated heterocycles. The van der Waals surface area contributed by atoms with Crippen LogP contribution in [0.1, 0.15) is 37.2 Å². The monoisotopic (exact) mass is 370 g/mol. The van der Waals surface area contributed by atoms with Crippen molar-refractivity contribution in [1.82, 2.24) is 4.90 Å². The molecular weight excluding hydrogens is 348 g/mol. The number of hydrogen-bond acceptors (Lipinski definition) is 4. The van der Waals surface area contributed by atoms with Gasteiger partial charge in [0.1, 0.15) is 11.5 Å². The minimum absolute atomic E-state index is 0.0604. The first-order valence-corrected chi connectivity index (χ1v) is 9.78. The summed E-state index contributed by atoms with van der Waals surface area (Å²) in [5.74, 6) is 2.87. The first-order valence-electron chi connectivity index (χ1n) is 8.90. The van der Waals surface area contributed by atoms with E-state index in [0.29, 0.717) is 18.4 Å². The number of carbonyl (C=O) groups is 2. The number of rotatable bonds is 5. The Hall–Kier alpha value is -2.21. The Labute approximate surface area is 157 Å². The van der Waals surface area contributed by atoms with Crippen molar-refractivity contribution in [3.8, 4) is 0 Å². The van der Waals surface area contributed by atoms with Gasteiger partial charge in [-0.3, -0.25) is 9.59 Å². The third-order valence-corrected chi connectivity index (χ3v) is 6.32. The number of nitrogens with one attached hydrogen (secondary N) is 1. The lowest BCUT2D eigenvalue weighted by Crippen LogP contribution is -2.35. The summed E-state index contributed by atoms with van der Waals surface area (Å²) in [6.45, 7) is 2.64. The summed E-state index contributed by atoms with van der Waals surface area (Å²) < 4.78 is 5.88. The van der Waals surface area contributed by atoms with Crippen LogP contribution < -0.4 is 5.32 Å². The van der Waals surface area contributed by atoms with Gasteiger partial charge in [-0.2, -0.15) is 0 Å². The van der Waals surface area contributed by atoms with E-state index in [1.165, 1.54) is 18.2 Å². The summed E-state index contributed by atoms with van der Waals surface area (Å²) in [5, 5.41) is 2.48. The van der Waals surface area contributed by atoms with Crippen LogP contribution in [-0.4, -0.2) is 29.0 Å². The number of thioether (sulfide) groups is 1. The number of benzene rings is 1. The van der Waals surface area contributed by atoms with E-state index in [2.05, 4.69) is 12.2 Å². The van der Waals surface area contributed by atoms with Gasteiger partial charge in [-0.05, 0) is 36.6 Å². The zero-order chi connectivity index (χ0) is 18.3. The highest BCUT2D eigenvalue weighted by atomic mass is 32.2. The maximum Gasteiger partial charge on any atom is 0.238 e. The van der Waals surface area contributed by atoms with Gasteiger partial charge in [-0.15, -0.1) is 11.8 Å². The fourth-order valence-electron chi connectivity index (χ4n) is 3.26. The number of carbonyl (C=O) groups excluding carboxylic acids is 2. The quantitative estimate of drug-likeness (QED) is 0.868. The average molecular weight is 370 g/mol. The van der Waals surface area contributed by atoms with Crippen molar-refractivity contribution >= 4 is 29.3 Å². The highest BCUT2D eigenvalue weighted by molar-refractivity contribution is 8.01. The fraction of sp³-hybridized carbons (Fsp3) is 0.400. The summed E-state index contributed by atoms with van der Waals surface area (Å²) in [6.07, 6.45) is 1.35. The van der Waals surface area contributed by atoms with Crippen LogP contribution in [-0.2, 0) is 16.1 Å². The van der Waals surface area contributed by atoms with Gasteiger partial charge >= 0.3 is 0 Å². The molecule has 1 aliphatic carbocycles. The van der Waals surface area contributed by atoms with Crippen molar-refractivity contribution in [1.29, 1.82) is 0 Å². The molecule has 4 rings (SSSR count). The molecule has 1 N–H and O–H groups in total. The normalized spacial score (nSPS) is 23.9. The summed E-state index contributed by atoms with van der Waals surface area (Å²) >= 11 is 1.45. The minimum Gasteiger partial charge on any atom is -0.464 e. The smallest absolute Gasteiger partial charge is 0.238 e. The predicted octanol–water partition coefficient (Wildman–Crippen LogP) is 3.86. The maximum atomic E-state index is 12.6. The van der Waals surface area contributed by atoms with Crippen LogP contribution >= 0.6 is 11.8 Å². The van der Waals surface area contributed by atoms with Gasteiger partial charge in [0, 0.05) is 24.3 Å². The zero-order valence-corrected chi connectivity index (χ0v) is 15.7. The predicted molar refractivity (Wildman–Crippen MR) is 101 cm³/mol. The molecule has 2 heterocycles. The number of amides is 2.